The highest BCUT2D eigenvalue weighted by molar-refractivity contribution is 5.94. The zero-order valence-corrected chi connectivity index (χ0v) is 18.0. The standard InChI is InChI=1S/C20H27N5O9/c21-12(5-6-15(22)27)18(31)25-13(8-17(29)30)19(32)23-9-16(28)24-14(20(33)34)7-10-1-3-11(26)4-2-10/h1-4,12-14,26H,5-9,21H2,(H2,22,27)(H,23,32)(H,24,28)(H,25,31)(H,29,30)(H,33,34). The summed E-state index contributed by atoms with van der Waals surface area (Å²) in [5, 5.41) is 34.1. The van der Waals surface area contributed by atoms with E-state index in [1.807, 2.05) is 0 Å². The Hall–Kier alpha value is -4.20. The number of carbonyl (C=O) groups excluding carboxylic acids is 4. The molecule has 14 nitrogen and oxygen atoms in total. The van der Waals surface area contributed by atoms with Crippen LogP contribution < -0.4 is 27.4 Å². The van der Waals surface area contributed by atoms with Gasteiger partial charge in [-0.05, 0) is 24.1 Å². The van der Waals surface area contributed by atoms with Crippen LogP contribution in [0.25, 0.3) is 0 Å². The van der Waals surface area contributed by atoms with E-state index in [1.54, 1.807) is 0 Å². The van der Waals surface area contributed by atoms with E-state index in [-0.39, 0.29) is 25.0 Å². The number of carbonyl (C=O) groups is 6. The Morgan fingerprint density at radius 2 is 1.53 bits per heavy atom. The van der Waals surface area contributed by atoms with Crippen molar-refractivity contribution < 1.29 is 44.1 Å². The van der Waals surface area contributed by atoms with Crippen molar-refractivity contribution >= 4 is 35.6 Å². The van der Waals surface area contributed by atoms with Gasteiger partial charge in [0.25, 0.3) is 0 Å². The molecule has 34 heavy (non-hydrogen) atoms. The molecule has 186 valence electrons. The number of nitrogens with one attached hydrogen (secondary N) is 3. The van der Waals surface area contributed by atoms with Crippen molar-refractivity contribution in [1.82, 2.24) is 16.0 Å². The summed E-state index contributed by atoms with van der Waals surface area (Å²) in [7, 11) is 0. The fourth-order valence-corrected chi connectivity index (χ4v) is 2.70. The molecular weight excluding hydrogens is 454 g/mol. The van der Waals surface area contributed by atoms with Crippen LogP contribution in [0.15, 0.2) is 24.3 Å². The predicted octanol–water partition coefficient (Wildman–Crippen LogP) is -2.83. The normalized spacial score (nSPS) is 13.1. The third-order valence-corrected chi connectivity index (χ3v) is 4.48. The molecule has 0 aliphatic rings. The number of aromatic hydroxyl groups is 1. The van der Waals surface area contributed by atoms with Gasteiger partial charge >= 0.3 is 11.9 Å². The summed E-state index contributed by atoms with van der Waals surface area (Å²) in [6.07, 6.45) is -1.24. The minimum absolute atomic E-state index is 0.0146. The highest BCUT2D eigenvalue weighted by Gasteiger charge is 2.27. The van der Waals surface area contributed by atoms with Crippen molar-refractivity contribution in [2.24, 2.45) is 11.5 Å². The van der Waals surface area contributed by atoms with Gasteiger partial charge in [0.2, 0.25) is 23.6 Å². The molecule has 3 unspecified atom stereocenters. The number of benzene rings is 1. The molecule has 0 saturated carbocycles. The number of nitrogens with two attached hydrogens (primary N) is 2. The van der Waals surface area contributed by atoms with Crippen LogP contribution in [-0.2, 0) is 35.2 Å². The van der Waals surface area contributed by atoms with E-state index in [2.05, 4.69) is 16.0 Å². The molecule has 0 saturated heterocycles. The first kappa shape index (κ1) is 27.8. The third-order valence-electron chi connectivity index (χ3n) is 4.48. The molecule has 0 radical (unpaired) electrons. The number of phenolic OH excluding ortho intramolecular Hbond substituents is 1. The van der Waals surface area contributed by atoms with Gasteiger partial charge in [0, 0.05) is 12.8 Å². The Labute approximate surface area is 193 Å². The van der Waals surface area contributed by atoms with Gasteiger partial charge in [0.15, 0.2) is 0 Å². The number of amides is 4. The SMILES string of the molecule is NC(=O)CCC(N)C(=O)NC(CC(=O)O)C(=O)NCC(=O)NC(Cc1ccc(O)cc1)C(=O)O. The summed E-state index contributed by atoms with van der Waals surface area (Å²) in [6, 6.07) is 1.52. The van der Waals surface area contributed by atoms with Crippen LogP contribution in [0.5, 0.6) is 5.75 Å². The molecule has 0 spiro atoms. The lowest BCUT2D eigenvalue weighted by atomic mass is 10.1. The zero-order valence-electron chi connectivity index (χ0n) is 18.0. The maximum atomic E-state index is 12.3. The van der Waals surface area contributed by atoms with Crippen molar-refractivity contribution in [2.45, 2.75) is 43.8 Å². The van der Waals surface area contributed by atoms with Crippen molar-refractivity contribution in [3.8, 4) is 5.75 Å². The first-order valence-electron chi connectivity index (χ1n) is 10.0. The van der Waals surface area contributed by atoms with E-state index < -0.39 is 66.7 Å². The van der Waals surface area contributed by atoms with Crippen LogP contribution in [0.1, 0.15) is 24.8 Å². The molecule has 3 atom stereocenters. The summed E-state index contributed by atoms with van der Waals surface area (Å²) < 4.78 is 0. The largest absolute Gasteiger partial charge is 0.508 e. The maximum absolute atomic E-state index is 12.3. The second kappa shape index (κ2) is 13.4. The molecule has 1 aromatic carbocycles. The Balaban J connectivity index is 2.68. The van der Waals surface area contributed by atoms with Gasteiger partial charge in [-0.1, -0.05) is 12.1 Å². The predicted molar refractivity (Wildman–Crippen MR) is 115 cm³/mol. The number of primary amides is 1. The topological polar surface area (TPSA) is 251 Å². The monoisotopic (exact) mass is 481 g/mol. The molecule has 0 aromatic heterocycles. The average Bonchev–Trinajstić information content (AvgIpc) is 2.75. The number of phenols is 1. The highest BCUT2D eigenvalue weighted by atomic mass is 16.4. The van der Waals surface area contributed by atoms with Crippen molar-refractivity contribution in [1.29, 1.82) is 0 Å². The fourth-order valence-electron chi connectivity index (χ4n) is 2.70. The number of rotatable bonds is 14. The highest BCUT2D eigenvalue weighted by Crippen LogP contribution is 2.11. The van der Waals surface area contributed by atoms with Crippen molar-refractivity contribution in [3.05, 3.63) is 29.8 Å². The molecular formula is C20H27N5O9. The maximum Gasteiger partial charge on any atom is 0.326 e. The lowest BCUT2D eigenvalue weighted by Gasteiger charge is -2.20. The van der Waals surface area contributed by atoms with Gasteiger partial charge in [0.1, 0.15) is 17.8 Å². The van der Waals surface area contributed by atoms with E-state index in [0.717, 1.165) is 0 Å². The van der Waals surface area contributed by atoms with Gasteiger partial charge in [0.05, 0.1) is 19.0 Å². The van der Waals surface area contributed by atoms with Gasteiger partial charge in [-0.15, -0.1) is 0 Å². The first-order chi connectivity index (χ1) is 15.9. The van der Waals surface area contributed by atoms with Crippen LogP contribution >= 0.6 is 0 Å². The Bertz CT molecular complexity index is 920. The second-order valence-electron chi connectivity index (χ2n) is 7.32. The molecule has 4 amide bonds. The smallest absolute Gasteiger partial charge is 0.326 e. The van der Waals surface area contributed by atoms with Gasteiger partial charge in [-0.2, -0.15) is 0 Å². The third kappa shape index (κ3) is 10.4. The van der Waals surface area contributed by atoms with Gasteiger partial charge in [-0.3, -0.25) is 24.0 Å². The lowest BCUT2D eigenvalue weighted by molar-refractivity contribution is -0.142. The fraction of sp³-hybridized carbons (Fsp3) is 0.400. The Morgan fingerprint density at radius 3 is 2.06 bits per heavy atom. The molecule has 0 bridgehead atoms. The van der Waals surface area contributed by atoms with E-state index >= 15 is 0 Å². The summed E-state index contributed by atoms with van der Waals surface area (Å²) >= 11 is 0. The number of carboxylic acid groups (broad SMARTS) is 2. The van der Waals surface area contributed by atoms with E-state index in [9.17, 15) is 39.0 Å². The molecule has 1 rings (SSSR count). The summed E-state index contributed by atoms with van der Waals surface area (Å²) in [5.41, 5.74) is 11.1. The van der Waals surface area contributed by atoms with Crippen LogP contribution in [0.4, 0.5) is 0 Å². The van der Waals surface area contributed by atoms with Crippen molar-refractivity contribution in [2.75, 3.05) is 6.54 Å². The van der Waals surface area contributed by atoms with Crippen LogP contribution in [0.3, 0.4) is 0 Å². The molecule has 1 aromatic rings. The van der Waals surface area contributed by atoms with Gasteiger partial charge < -0.3 is 42.7 Å². The average molecular weight is 481 g/mol. The zero-order chi connectivity index (χ0) is 25.8. The Kier molecular flexibility index (Phi) is 10.9. The first-order valence-corrected chi connectivity index (χ1v) is 10.0. The van der Waals surface area contributed by atoms with Crippen LogP contribution in [-0.4, -0.2) is 75.6 Å². The quantitative estimate of drug-likeness (QED) is 0.135. The van der Waals surface area contributed by atoms with E-state index in [0.29, 0.717) is 5.56 Å². The molecule has 10 N–H and O–H groups in total. The lowest BCUT2D eigenvalue weighted by Crippen LogP contribution is -2.54. The summed E-state index contributed by atoms with van der Waals surface area (Å²) in [6.45, 7) is -0.697. The van der Waals surface area contributed by atoms with Crippen LogP contribution in [0.2, 0.25) is 0 Å². The minimum Gasteiger partial charge on any atom is -0.508 e. The molecule has 14 heteroatoms. The molecule has 0 aliphatic carbocycles. The molecule has 0 fully saturated rings. The number of carboxylic acids is 2. The summed E-state index contributed by atoms with van der Waals surface area (Å²) in [4.78, 5) is 69.8. The van der Waals surface area contributed by atoms with E-state index in [4.69, 9.17) is 16.6 Å². The molecule has 0 aliphatic heterocycles. The van der Waals surface area contributed by atoms with Crippen molar-refractivity contribution in [3.63, 3.8) is 0 Å². The number of hydrogen-bond donors (Lipinski definition) is 8. The molecule has 0 heterocycles. The number of hydrogen-bond acceptors (Lipinski definition) is 8. The van der Waals surface area contributed by atoms with E-state index in [1.165, 1.54) is 24.3 Å². The Morgan fingerprint density at radius 1 is 0.912 bits per heavy atom. The minimum atomic E-state index is -1.58. The van der Waals surface area contributed by atoms with Crippen LogP contribution in [0, 0.1) is 0 Å². The number of aliphatic carboxylic acids is 2. The summed E-state index contributed by atoms with van der Waals surface area (Å²) in [5.74, 6) is -6.26. The second-order valence-corrected chi connectivity index (χ2v) is 7.32. The van der Waals surface area contributed by atoms with Gasteiger partial charge in [-0.25, -0.2) is 4.79 Å².